The number of nitrogens with two attached hydrogens (primary N) is 3. The molecule has 0 radical (unpaired) electrons. The number of aliphatic imine (C=N–C) groups is 1. The van der Waals surface area contributed by atoms with E-state index < -0.39 is 40.6 Å². The van der Waals surface area contributed by atoms with E-state index in [9.17, 15) is 19.7 Å². The number of hydrogen-bond donors (Lipinski definition) is 6. The van der Waals surface area contributed by atoms with Crippen molar-refractivity contribution in [1.82, 2.24) is 5.32 Å². The molecule has 190 valence electrons. The zero-order valence-electron chi connectivity index (χ0n) is 19.6. The lowest BCUT2D eigenvalue weighted by molar-refractivity contribution is -0.384. The van der Waals surface area contributed by atoms with Gasteiger partial charge in [0.2, 0.25) is 5.91 Å². The maximum absolute atomic E-state index is 12.7. The van der Waals surface area contributed by atoms with E-state index >= 15 is 0 Å². The van der Waals surface area contributed by atoms with E-state index in [1.165, 1.54) is 24.3 Å². The number of rotatable bonds is 10. The highest BCUT2D eigenvalue weighted by Gasteiger charge is 2.27. The van der Waals surface area contributed by atoms with Gasteiger partial charge in [0.25, 0.3) is 17.6 Å². The Balaban J connectivity index is 0.00000251. The molecule has 0 fully saturated rings. The van der Waals surface area contributed by atoms with E-state index in [1.807, 2.05) is 0 Å². The van der Waals surface area contributed by atoms with E-state index in [-0.39, 0.29) is 24.6 Å². The number of anilines is 1. The molecular weight excluding hydrogens is 450 g/mol. The van der Waals surface area contributed by atoms with Crippen molar-refractivity contribution in [3.05, 3.63) is 34.4 Å². The Kier molecular flexibility index (Phi) is 12.8. The molecule has 9 N–H and O–H groups in total. The van der Waals surface area contributed by atoms with Crippen LogP contribution < -0.4 is 27.8 Å². The topological polar surface area (TPSA) is 238 Å². The zero-order valence-corrected chi connectivity index (χ0v) is 19.6. The van der Waals surface area contributed by atoms with Crippen LogP contribution >= 0.6 is 0 Å². The van der Waals surface area contributed by atoms with E-state index in [0.717, 1.165) is 6.92 Å². The summed E-state index contributed by atoms with van der Waals surface area (Å²) in [7, 11) is 0. The van der Waals surface area contributed by atoms with Crippen LogP contribution in [0.3, 0.4) is 0 Å². The highest BCUT2D eigenvalue weighted by atomic mass is 16.6. The van der Waals surface area contributed by atoms with Gasteiger partial charge in [-0.25, -0.2) is 0 Å². The second-order valence-corrected chi connectivity index (χ2v) is 7.97. The standard InChI is InChI=1S/C18H29N7O5.C2H4O2/c1-18(2,3)30-14(19)16(27)24-13(5-4-10-22-17(20)21)15(26)23-11-6-8-12(9-7-11)25(28)29;1-2(3)4/h6-9,13-14H,4-5,10,19H2,1-3H3,(H,23,26)(H,24,27)(H4,20,21,22);1H3,(H,3,4)/t13-,14?;/m0./s1. The van der Waals surface area contributed by atoms with Gasteiger partial charge in [0.05, 0.1) is 10.5 Å². The van der Waals surface area contributed by atoms with Gasteiger partial charge in [-0.2, -0.15) is 0 Å². The van der Waals surface area contributed by atoms with Crippen molar-refractivity contribution in [2.75, 3.05) is 11.9 Å². The molecule has 1 aromatic carbocycles. The largest absolute Gasteiger partial charge is 0.481 e. The minimum Gasteiger partial charge on any atom is -0.481 e. The monoisotopic (exact) mass is 483 g/mol. The lowest BCUT2D eigenvalue weighted by Crippen LogP contribution is -2.52. The number of nitro groups is 1. The molecule has 0 aromatic heterocycles. The maximum atomic E-state index is 12.7. The van der Waals surface area contributed by atoms with Crippen molar-refractivity contribution in [1.29, 1.82) is 0 Å². The Morgan fingerprint density at radius 2 is 1.71 bits per heavy atom. The van der Waals surface area contributed by atoms with Gasteiger partial charge in [-0.05, 0) is 45.7 Å². The van der Waals surface area contributed by atoms with Crippen molar-refractivity contribution in [3.8, 4) is 0 Å². The van der Waals surface area contributed by atoms with E-state index in [2.05, 4.69) is 15.6 Å². The summed E-state index contributed by atoms with van der Waals surface area (Å²) in [5.41, 5.74) is 15.9. The highest BCUT2D eigenvalue weighted by Crippen LogP contribution is 2.16. The highest BCUT2D eigenvalue weighted by molar-refractivity contribution is 5.97. The number of carbonyl (C=O) groups is 3. The number of aliphatic carboxylic acids is 1. The number of amides is 2. The Hall–Kier alpha value is -3.78. The van der Waals surface area contributed by atoms with E-state index in [4.69, 9.17) is 31.8 Å². The van der Waals surface area contributed by atoms with Gasteiger partial charge in [0.1, 0.15) is 6.04 Å². The smallest absolute Gasteiger partial charge is 0.300 e. The Morgan fingerprint density at radius 3 is 2.15 bits per heavy atom. The van der Waals surface area contributed by atoms with Gasteiger partial charge in [-0.15, -0.1) is 0 Å². The fourth-order valence-corrected chi connectivity index (χ4v) is 2.36. The molecule has 0 saturated carbocycles. The molecule has 2 atom stereocenters. The molecule has 14 heteroatoms. The van der Waals surface area contributed by atoms with Gasteiger partial charge >= 0.3 is 0 Å². The van der Waals surface area contributed by atoms with Gasteiger partial charge < -0.3 is 31.9 Å². The molecule has 1 aromatic rings. The second-order valence-electron chi connectivity index (χ2n) is 7.97. The Labute approximate surface area is 197 Å². The van der Waals surface area contributed by atoms with Crippen LogP contribution in [-0.4, -0.2) is 58.2 Å². The summed E-state index contributed by atoms with van der Waals surface area (Å²) in [6.07, 6.45) is -0.632. The zero-order chi connectivity index (χ0) is 26.5. The van der Waals surface area contributed by atoms with Crippen LogP contribution in [0.2, 0.25) is 0 Å². The average Bonchev–Trinajstić information content (AvgIpc) is 2.68. The number of non-ortho nitro benzene ring substituents is 1. The summed E-state index contributed by atoms with van der Waals surface area (Å²) in [5, 5.41) is 23.3. The number of carbonyl (C=O) groups excluding carboxylic acids is 2. The molecule has 0 aliphatic heterocycles. The number of ether oxygens (including phenoxy) is 1. The quantitative estimate of drug-likeness (QED) is 0.0662. The number of nitrogens with zero attached hydrogens (tertiary/aromatic N) is 2. The number of carboxylic acid groups (broad SMARTS) is 1. The van der Waals surface area contributed by atoms with Crippen LogP contribution in [-0.2, 0) is 19.1 Å². The maximum Gasteiger partial charge on any atom is 0.300 e. The summed E-state index contributed by atoms with van der Waals surface area (Å²) in [6, 6.07) is 4.35. The van der Waals surface area contributed by atoms with Crippen LogP contribution in [0.15, 0.2) is 29.3 Å². The summed E-state index contributed by atoms with van der Waals surface area (Å²) in [4.78, 5) is 48.1. The third-order valence-electron chi connectivity index (χ3n) is 3.66. The summed E-state index contributed by atoms with van der Waals surface area (Å²) < 4.78 is 5.41. The predicted molar refractivity (Wildman–Crippen MR) is 126 cm³/mol. The minimum atomic E-state index is -1.27. The first-order chi connectivity index (χ1) is 15.6. The third-order valence-corrected chi connectivity index (χ3v) is 3.66. The number of hydrogen-bond acceptors (Lipinski definition) is 8. The molecule has 1 rings (SSSR count). The van der Waals surface area contributed by atoms with Gasteiger partial charge in [0, 0.05) is 31.3 Å². The third kappa shape index (κ3) is 14.3. The molecule has 14 nitrogen and oxygen atoms in total. The molecule has 0 saturated heterocycles. The number of guanidine groups is 1. The van der Waals surface area contributed by atoms with E-state index in [1.54, 1.807) is 20.8 Å². The summed E-state index contributed by atoms with van der Waals surface area (Å²) >= 11 is 0. The average molecular weight is 484 g/mol. The molecule has 0 bridgehead atoms. The van der Waals surface area contributed by atoms with Gasteiger partial charge in [-0.3, -0.25) is 35.2 Å². The Morgan fingerprint density at radius 1 is 1.18 bits per heavy atom. The number of nitro benzene ring substituents is 1. The molecule has 0 aliphatic rings. The molecule has 2 amide bonds. The number of nitrogens with one attached hydrogen (secondary N) is 2. The van der Waals surface area contributed by atoms with Crippen LogP contribution in [0, 0.1) is 10.1 Å². The summed E-state index contributed by atoms with van der Waals surface area (Å²) in [5.74, 6) is -2.09. The molecule has 0 aliphatic carbocycles. The van der Waals surface area contributed by atoms with Crippen LogP contribution in [0.1, 0.15) is 40.5 Å². The van der Waals surface area contributed by atoms with Crippen molar-refractivity contribution < 1.29 is 29.2 Å². The normalized spacial score (nSPS) is 12.3. The lowest BCUT2D eigenvalue weighted by Gasteiger charge is -2.26. The first kappa shape index (κ1) is 30.2. The minimum absolute atomic E-state index is 0.0773. The molecule has 0 spiro atoms. The molecular formula is C20H33N7O7. The fourth-order valence-electron chi connectivity index (χ4n) is 2.36. The van der Waals surface area contributed by atoms with Crippen LogP contribution in [0.4, 0.5) is 11.4 Å². The first-order valence-electron chi connectivity index (χ1n) is 10.2. The van der Waals surface area contributed by atoms with Crippen molar-refractivity contribution in [3.63, 3.8) is 0 Å². The van der Waals surface area contributed by atoms with Gasteiger partial charge in [-0.1, -0.05) is 0 Å². The fraction of sp³-hybridized carbons (Fsp3) is 0.500. The second kappa shape index (κ2) is 14.4. The molecule has 0 heterocycles. The Bertz CT molecular complexity index is 859. The van der Waals surface area contributed by atoms with Crippen molar-refractivity contribution in [2.45, 2.75) is 58.4 Å². The SMILES string of the molecule is CC(=O)O.CC(C)(C)OC(N)C(=O)N[C@@H](CCCN=C(N)N)C(=O)Nc1ccc([N+](=O)[O-])cc1. The lowest BCUT2D eigenvalue weighted by atomic mass is 10.1. The van der Waals surface area contributed by atoms with Crippen LogP contribution in [0.5, 0.6) is 0 Å². The molecule has 34 heavy (non-hydrogen) atoms. The number of benzene rings is 1. The first-order valence-corrected chi connectivity index (χ1v) is 10.2. The van der Waals surface area contributed by atoms with Crippen molar-refractivity contribution >= 4 is 35.1 Å². The van der Waals surface area contributed by atoms with Gasteiger partial charge in [0.15, 0.2) is 12.2 Å². The predicted octanol–water partition coefficient (Wildman–Crippen LogP) is 0.263. The number of carboxylic acids is 1. The van der Waals surface area contributed by atoms with Crippen molar-refractivity contribution in [2.24, 2.45) is 22.2 Å². The summed E-state index contributed by atoms with van der Waals surface area (Å²) in [6.45, 7) is 6.58. The van der Waals surface area contributed by atoms with Crippen LogP contribution in [0.25, 0.3) is 0 Å². The van der Waals surface area contributed by atoms with E-state index in [0.29, 0.717) is 12.1 Å². The molecule has 1 unspecified atom stereocenters.